The van der Waals surface area contributed by atoms with Gasteiger partial charge in [-0.3, -0.25) is 9.59 Å². The highest BCUT2D eigenvalue weighted by atomic mass is 32.2. The minimum Gasteiger partial charge on any atom is -0.345 e. The number of hydrogen-bond donors (Lipinski definition) is 1. The predicted octanol–water partition coefficient (Wildman–Crippen LogP) is 3.71. The standard InChI is InChI=1S/C20H23NO2S/c1-14-9-10-19(15(2)11-14)24-13-20(23)21-18(16(3)22)12-17-7-5-4-6-8-17/h4-11,18H,12-13H2,1-3H3,(H,21,23)/t18-/m1/s1. The van der Waals surface area contributed by atoms with Gasteiger partial charge in [-0.1, -0.05) is 48.0 Å². The molecule has 0 bridgehead atoms. The van der Waals surface area contributed by atoms with Crippen LogP contribution in [0.3, 0.4) is 0 Å². The summed E-state index contributed by atoms with van der Waals surface area (Å²) < 4.78 is 0. The Kier molecular flexibility index (Phi) is 6.62. The summed E-state index contributed by atoms with van der Waals surface area (Å²) >= 11 is 1.50. The molecule has 2 aromatic carbocycles. The zero-order chi connectivity index (χ0) is 17.5. The van der Waals surface area contributed by atoms with Crippen molar-refractivity contribution < 1.29 is 9.59 Å². The van der Waals surface area contributed by atoms with E-state index in [-0.39, 0.29) is 11.7 Å². The number of carbonyl (C=O) groups excluding carboxylic acids is 2. The fraction of sp³-hybridized carbons (Fsp3) is 0.300. The number of nitrogens with one attached hydrogen (secondary N) is 1. The smallest absolute Gasteiger partial charge is 0.230 e. The average molecular weight is 341 g/mol. The molecular weight excluding hydrogens is 318 g/mol. The van der Waals surface area contributed by atoms with E-state index in [1.165, 1.54) is 29.8 Å². The highest BCUT2D eigenvalue weighted by Gasteiger charge is 2.17. The van der Waals surface area contributed by atoms with E-state index >= 15 is 0 Å². The number of amides is 1. The Hall–Kier alpha value is -2.07. The highest BCUT2D eigenvalue weighted by molar-refractivity contribution is 8.00. The molecular formula is C20H23NO2S. The van der Waals surface area contributed by atoms with Crippen LogP contribution in [-0.4, -0.2) is 23.5 Å². The number of thioether (sulfide) groups is 1. The molecule has 1 atom stereocenters. The molecule has 0 saturated carbocycles. The van der Waals surface area contributed by atoms with Gasteiger partial charge in [-0.15, -0.1) is 11.8 Å². The molecule has 0 heterocycles. The van der Waals surface area contributed by atoms with Gasteiger partial charge < -0.3 is 5.32 Å². The van der Waals surface area contributed by atoms with Gasteiger partial charge >= 0.3 is 0 Å². The second-order valence-electron chi connectivity index (χ2n) is 5.98. The van der Waals surface area contributed by atoms with Crippen LogP contribution in [0.2, 0.25) is 0 Å². The molecule has 0 aliphatic rings. The van der Waals surface area contributed by atoms with Crippen LogP contribution in [0.5, 0.6) is 0 Å². The van der Waals surface area contributed by atoms with E-state index in [1.54, 1.807) is 0 Å². The van der Waals surface area contributed by atoms with E-state index in [1.807, 2.05) is 49.4 Å². The third-order valence-corrected chi connectivity index (χ3v) is 4.97. The Morgan fingerprint density at radius 1 is 1.08 bits per heavy atom. The van der Waals surface area contributed by atoms with Crippen LogP contribution < -0.4 is 5.32 Å². The van der Waals surface area contributed by atoms with E-state index in [4.69, 9.17) is 0 Å². The lowest BCUT2D eigenvalue weighted by Gasteiger charge is -2.16. The number of carbonyl (C=O) groups is 2. The first-order valence-electron chi connectivity index (χ1n) is 7.99. The molecule has 0 aliphatic carbocycles. The third-order valence-electron chi connectivity index (χ3n) is 3.80. The molecule has 0 spiro atoms. The van der Waals surface area contributed by atoms with Crippen molar-refractivity contribution in [2.75, 3.05) is 5.75 Å². The molecule has 0 fully saturated rings. The van der Waals surface area contributed by atoms with Crippen LogP contribution >= 0.6 is 11.8 Å². The Morgan fingerprint density at radius 2 is 1.79 bits per heavy atom. The highest BCUT2D eigenvalue weighted by Crippen LogP contribution is 2.22. The number of benzene rings is 2. The number of ketones is 1. The molecule has 3 nitrogen and oxygen atoms in total. The van der Waals surface area contributed by atoms with Gasteiger partial charge in [0, 0.05) is 4.90 Å². The third kappa shape index (κ3) is 5.53. The number of aryl methyl sites for hydroxylation is 2. The minimum absolute atomic E-state index is 0.0243. The molecule has 24 heavy (non-hydrogen) atoms. The molecule has 0 unspecified atom stereocenters. The van der Waals surface area contributed by atoms with Gasteiger partial charge in [0.25, 0.3) is 0 Å². The summed E-state index contributed by atoms with van der Waals surface area (Å²) in [5.41, 5.74) is 3.42. The maximum Gasteiger partial charge on any atom is 0.230 e. The Morgan fingerprint density at radius 3 is 2.42 bits per heavy atom. The first kappa shape index (κ1) is 18.3. The van der Waals surface area contributed by atoms with Gasteiger partial charge in [0.05, 0.1) is 11.8 Å². The van der Waals surface area contributed by atoms with Gasteiger partial charge in [0.15, 0.2) is 5.78 Å². The second kappa shape index (κ2) is 8.69. The van der Waals surface area contributed by atoms with Gasteiger partial charge in [-0.05, 0) is 44.4 Å². The zero-order valence-electron chi connectivity index (χ0n) is 14.3. The van der Waals surface area contributed by atoms with E-state index in [9.17, 15) is 9.59 Å². The van der Waals surface area contributed by atoms with Crippen molar-refractivity contribution in [3.8, 4) is 0 Å². The lowest BCUT2D eigenvalue weighted by atomic mass is 10.0. The largest absolute Gasteiger partial charge is 0.345 e. The second-order valence-corrected chi connectivity index (χ2v) is 7.00. The number of Topliss-reactive ketones (excluding diaryl/α,β-unsaturated/α-hetero) is 1. The number of hydrogen-bond acceptors (Lipinski definition) is 3. The van der Waals surface area contributed by atoms with Crippen molar-refractivity contribution in [2.45, 2.75) is 38.1 Å². The maximum atomic E-state index is 12.2. The van der Waals surface area contributed by atoms with Gasteiger partial charge in [-0.25, -0.2) is 0 Å². The first-order valence-corrected chi connectivity index (χ1v) is 8.98. The van der Waals surface area contributed by atoms with E-state index in [2.05, 4.69) is 18.3 Å². The molecule has 0 aromatic heterocycles. The molecule has 0 saturated heterocycles. The summed E-state index contributed by atoms with van der Waals surface area (Å²) in [6.07, 6.45) is 0.524. The van der Waals surface area contributed by atoms with Gasteiger partial charge in [0.2, 0.25) is 5.91 Å². The van der Waals surface area contributed by atoms with Crippen molar-refractivity contribution in [2.24, 2.45) is 0 Å². The van der Waals surface area contributed by atoms with Gasteiger partial charge in [0.1, 0.15) is 0 Å². The zero-order valence-corrected chi connectivity index (χ0v) is 15.2. The van der Waals surface area contributed by atoms with Crippen LogP contribution in [0.25, 0.3) is 0 Å². The Bertz CT molecular complexity index is 713. The summed E-state index contributed by atoms with van der Waals surface area (Å²) in [5, 5.41) is 2.86. The summed E-state index contributed by atoms with van der Waals surface area (Å²) in [5.74, 6) is 0.169. The lowest BCUT2D eigenvalue weighted by Crippen LogP contribution is -2.42. The van der Waals surface area contributed by atoms with Crippen LogP contribution in [-0.2, 0) is 16.0 Å². The quantitative estimate of drug-likeness (QED) is 0.781. The summed E-state index contributed by atoms with van der Waals surface area (Å²) in [7, 11) is 0. The molecule has 4 heteroatoms. The van der Waals surface area contributed by atoms with Crippen molar-refractivity contribution in [3.05, 3.63) is 65.2 Å². The molecule has 2 rings (SSSR count). The van der Waals surface area contributed by atoms with Crippen LogP contribution in [0.4, 0.5) is 0 Å². The molecule has 1 amide bonds. The van der Waals surface area contributed by atoms with E-state index < -0.39 is 6.04 Å². The topological polar surface area (TPSA) is 46.2 Å². The molecule has 126 valence electrons. The molecule has 2 aromatic rings. The maximum absolute atomic E-state index is 12.2. The van der Waals surface area contributed by atoms with Crippen LogP contribution in [0.1, 0.15) is 23.6 Å². The monoisotopic (exact) mass is 341 g/mol. The fourth-order valence-electron chi connectivity index (χ4n) is 2.49. The average Bonchev–Trinajstić information content (AvgIpc) is 2.54. The first-order chi connectivity index (χ1) is 11.5. The van der Waals surface area contributed by atoms with Crippen molar-refractivity contribution in [1.29, 1.82) is 0 Å². The number of rotatable bonds is 7. The Labute approximate surface area is 147 Å². The van der Waals surface area contributed by atoms with Gasteiger partial charge in [-0.2, -0.15) is 0 Å². The normalized spacial score (nSPS) is 11.8. The summed E-state index contributed by atoms with van der Waals surface area (Å²) in [6, 6.07) is 15.4. The van der Waals surface area contributed by atoms with Crippen LogP contribution in [0, 0.1) is 13.8 Å². The summed E-state index contributed by atoms with van der Waals surface area (Å²) in [6.45, 7) is 5.61. The molecule has 0 radical (unpaired) electrons. The lowest BCUT2D eigenvalue weighted by molar-refractivity contribution is -0.125. The molecule has 0 aliphatic heterocycles. The minimum atomic E-state index is -0.473. The van der Waals surface area contributed by atoms with Crippen molar-refractivity contribution in [3.63, 3.8) is 0 Å². The predicted molar refractivity (Wildman–Crippen MR) is 99.4 cm³/mol. The van der Waals surface area contributed by atoms with Crippen molar-refractivity contribution >= 4 is 23.5 Å². The fourth-order valence-corrected chi connectivity index (χ4v) is 3.31. The van der Waals surface area contributed by atoms with Crippen molar-refractivity contribution in [1.82, 2.24) is 5.32 Å². The summed E-state index contributed by atoms with van der Waals surface area (Å²) in [4.78, 5) is 25.1. The SMILES string of the molecule is CC(=O)[C@@H](Cc1ccccc1)NC(=O)CSc1ccc(C)cc1C. The Balaban J connectivity index is 1.92. The van der Waals surface area contributed by atoms with E-state index in [0.717, 1.165) is 10.5 Å². The molecule has 1 N–H and O–H groups in total. The van der Waals surface area contributed by atoms with Crippen LogP contribution in [0.15, 0.2) is 53.4 Å². The van der Waals surface area contributed by atoms with E-state index in [0.29, 0.717) is 12.2 Å².